The molecule has 1 fully saturated rings. The number of ether oxygens (including phenoxy) is 1. The lowest BCUT2D eigenvalue weighted by Crippen LogP contribution is -2.30. The van der Waals surface area contributed by atoms with Crippen molar-refractivity contribution >= 4 is 51.9 Å². The molecule has 1 aliphatic heterocycles. The smallest absolute Gasteiger partial charge is 0.266 e. The number of thiocarbonyl (C=S) groups is 1. The van der Waals surface area contributed by atoms with Crippen molar-refractivity contribution in [1.82, 2.24) is 4.90 Å². The molecule has 0 aliphatic carbocycles. The van der Waals surface area contributed by atoms with Gasteiger partial charge in [0.15, 0.2) is 6.61 Å². The summed E-state index contributed by atoms with van der Waals surface area (Å²) in [5.41, 5.74) is 3.84. The molecule has 0 unspecified atom stereocenters. The van der Waals surface area contributed by atoms with Crippen LogP contribution >= 0.6 is 24.0 Å². The van der Waals surface area contributed by atoms with Crippen molar-refractivity contribution < 1.29 is 14.3 Å². The van der Waals surface area contributed by atoms with Crippen LogP contribution in [0.25, 0.3) is 6.08 Å². The molecule has 4 rings (SSSR count). The first-order chi connectivity index (χ1) is 17.0. The van der Waals surface area contributed by atoms with Crippen molar-refractivity contribution in [2.24, 2.45) is 0 Å². The summed E-state index contributed by atoms with van der Waals surface area (Å²) in [4.78, 5) is 27.5. The number of aryl methyl sites for hydroxylation is 1. The van der Waals surface area contributed by atoms with E-state index in [1.54, 1.807) is 11.0 Å². The zero-order chi connectivity index (χ0) is 24.6. The molecule has 1 aliphatic rings. The van der Waals surface area contributed by atoms with Gasteiger partial charge in [-0.3, -0.25) is 14.5 Å². The van der Waals surface area contributed by atoms with E-state index in [0.29, 0.717) is 21.5 Å². The van der Waals surface area contributed by atoms with E-state index in [4.69, 9.17) is 17.0 Å². The van der Waals surface area contributed by atoms with Crippen LogP contribution in [0, 0.1) is 0 Å². The molecular formula is C28H26N2O3S2. The Morgan fingerprint density at radius 3 is 2.63 bits per heavy atom. The Bertz CT molecular complexity index is 1260. The number of thioether (sulfide) groups is 1. The van der Waals surface area contributed by atoms with Crippen LogP contribution in [0.2, 0.25) is 0 Å². The van der Waals surface area contributed by atoms with Gasteiger partial charge < -0.3 is 10.1 Å². The largest absolute Gasteiger partial charge is 0.484 e. The number of carbonyl (C=O) groups excluding carboxylic acids is 2. The molecule has 0 bridgehead atoms. The van der Waals surface area contributed by atoms with E-state index in [1.165, 1.54) is 11.8 Å². The van der Waals surface area contributed by atoms with Crippen molar-refractivity contribution in [2.75, 3.05) is 18.5 Å². The van der Waals surface area contributed by atoms with E-state index in [1.807, 2.05) is 85.8 Å². The predicted octanol–water partition coefficient (Wildman–Crippen LogP) is 5.71. The molecule has 1 heterocycles. The molecule has 7 heteroatoms. The van der Waals surface area contributed by atoms with Gasteiger partial charge in [0, 0.05) is 12.2 Å². The summed E-state index contributed by atoms with van der Waals surface area (Å²) in [5, 5.41) is 2.90. The molecule has 0 saturated carbocycles. The molecule has 3 aromatic rings. The van der Waals surface area contributed by atoms with Gasteiger partial charge in [-0.1, -0.05) is 91.6 Å². The van der Waals surface area contributed by atoms with Crippen molar-refractivity contribution in [3.63, 3.8) is 0 Å². The zero-order valence-electron chi connectivity index (χ0n) is 19.4. The molecule has 1 N–H and O–H groups in total. The van der Waals surface area contributed by atoms with E-state index in [9.17, 15) is 9.59 Å². The second-order valence-electron chi connectivity index (χ2n) is 7.99. The van der Waals surface area contributed by atoms with Gasteiger partial charge in [-0.25, -0.2) is 0 Å². The fourth-order valence-corrected chi connectivity index (χ4v) is 5.02. The number of amides is 2. The Balaban J connectivity index is 1.36. The normalized spacial score (nSPS) is 14.4. The van der Waals surface area contributed by atoms with E-state index in [-0.39, 0.29) is 18.4 Å². The molecule has 5 nitrogen and oxygen atoms in total. The number of hydrogen-bond acceptors (Lipinski definition) is 5. The lowest BCUT2D eigenvalue weighted by Gasteiger charge is -2.14. The third-order valence-corrected chi connectivity index (χ3v) is 6.92. The van der Waals surface area contributed by atoms with Crippen LogP contribution in [-0.2, 0) is 22.4 Å². The highest BCUT2D eigenvalue weighted by Crippen LogP contribution is 2.33. The minimum atomic E-state index is -0.226. The van der Waals surface area contributed by atoms with Crippen LogP contribution in [0.15, 0.2) is 83.8 Å². The van der Waals surface area contributed by atoms with E-state index in [2.05, 4.69) is 5.32 Å². The summed E-state index contributed by atoms with van der Waals surface area (Å²) in [5.74, 6) is 0.240. The fraction of sp³-hybridized carbons (Fsp3) is 0.179. The molecule has 178 valence electrons. The number of carbonyl (C=O) groups is 2. The second-order valence-corrected chi connectivity index (χ2v) is 9.66. The van der Waals surface area contributed by atoms with Gasteiger partial charge in [0.2, 0.25) is 0 Å². The van der Waals surface area contributed by atoms with E-state index in [0.717, 1.165) is 35.2 Å². The Kier molecular flexibility index (Phi) is 8.34. The van der Waals surface area contributed by atoms with Crippen molar-refractivity contribution in [1.29, 1.82) is 0 Å². The maximum atomic E-state index is 12.9. The third kappa shape index (κ3) is 6.59. The van der Waals surface area contributed by atoms with Gasteiger partial charge in [0.05, 0.1) is 4.91 Å². The topological polar surface area (TPSA) is 58.6 Å². The monoisotopic (exact) mass is 502 g/mol. The maximum absolute atomic E-state index is 12.9. The molecule has 3 aromatic carbocycles. The average Bonchev–Trinajstić information content (AvgIpc) is 3.14. The molecule has 2 amide bonds. The zero-order valence-corrected chi connectivity index (χ0v) is 21.0. The maximum Gasteiger partial charge on any atom is 0.266 e. The molecular weight excluding hydrogens is 476 g/mol. The van der Waals surface area contributed by atoms with Gasteiger partial charge in [-0.15, -0.1) is 0 Å². The van der Waals surface area contributed by atoms with Crippen molar-refractivity contribution in [3.8, 4) is 5.75 Å². The fourth-order valence-electron chi connectivity index (χ4n) is 3.71. The molecule has 35 heavy (non-hydrogen) atoms. The second kappa shape index (κ2) is 11.8. The minimum Gasteiger partial charge on any atom is -0.484 e. The third-order valence-electron chi connectivity index (χ3n) is 5.54. The summed E-state index contributed by atoms with van der Waals surface area (Å²) in [7, 11) is 0. The molecule has 1 saturated heterocycles. The highest BCUT2D eigenvalue weighted by molar-refractivity contribution is 8.26. The Labute approximate surface area is 215 Å². The van der Waals surface area contributed by atoms with Crippen LogP contribution in [-0.4, -0.2) is 34.2 Å². The first-order valence-corrected chi connectivity index (χ1v) is 12.7. The first kappa shape index (κ1) is 24.7. The summed E-state index contributed by atoms with van der Waals surface area (Å²) in [6.45, 7) is 2.48. The van der Waals surface area contributed by atoms with Gasteiger partial charge in [-0.2, -0.15) is 0 Å². The van der Waals surface area contributed by atoms with Crippen molar-refractivity contribution in [2.45, 2.75) is 19.8 Å². The average molecular weight is 503 g/mol. The summed E-state index contributed by atoms with van der Waals surface area (Å²) < 4.78 is 6.27. The van der Waals surface area contributed by atoms with Crippen LogP contribution in [0.1, 0.15) is 23.6 Å². The SMILES string of the molecule is CCc1ccccc1NC(=O)COc1cccc(/C=C2\SC(=S)N(CCc3ccccc3)C2=O)c1. The predicted molar refractivity (Wildman–Crippen MR) is 146 cm³/mol. The molecule has 0 spiro atoms. The van der Waals surface area contributed by atoms with Crippen LogP contribution in [0.4, 0.5) is 5.69 Å². The lowest BCUT2D eigenvalue weighted by atomic mass is 10.1. The first-order valence-electron chi connectivity index (χ1n) is 11.4. The summed E-state index contributed by atoms with van der Waals surface area (Å²) in [6, 6.07) is 25.1. The van der Waals surface area contributed by atoms with Gasteiger partial charge >= 0.3 is 0 Å². The lowest BCUT2D eigenvalue weighted by molar-refractivity contribution is -0.122. The van der Waals surface area contributed by atoms with E-state index >= 15 is 0 Å². The minimum absolute atomic E-state index is 0.0868. The summed E-state index contributed by atoms with van der Waals surface area (Å²) in [6.07, 6.45) is 3.39. The Morgan fingerprint density at radius 2 is 1.83 bits per heavy atom. The number of anilines is 1. The number of hydrogen-bond donors (Lipinski definition) is 1. The standard InChI is InChI=1S/C28H26N2O3S2/c1-2-22-12-6-7-14-24(22)29-26(31)19-33-23-13-8-11-21(17-23)18-25-27(32)30(28(34)35-25)16-15-20-9-4-3-5-10-20/h3-14,17-18H,2,15-16,19H2,1H3,(H,29,31)/b25-18-. The number of benzene rings is 3. The molecule has 0 aromatic heterocycles. The van der Waals surface area contributed by atoms with Gasteiger partial charge in [0.25, 0.3) is 11.8 Å². The van der Waals surface area contributed by atoms with Crippen LogP contribution in [0.5, 0.6) is 5.75 Å². The Hall–Kier alpha value is -3.42. The highest BCUT2D eigenvalue weighted by atomic mass is 32.2. The number of para-hydroxylation sites is 1. The van der Waals surface area contributed by atoms with Gasteiger partial charge in [0.1, 0.15) is 10.1 Å². The van der Waals surface area contributed by atoms with Crippen molar-refractivity contribution in [3.05, 3.63) is 100 Å². The van der Waals surface area contributed by atoms with E-state index < -0.39 is 0 Å². The number of nitrogens with zero attached hydrogens (tertiary/aromatic N) is 1. The highest BCUT2D eigenvalue weighted by Gasteiger charge is 2.31. The Morgan fingerprint density at radius 1 is 1.06 bits per heavy atom. The summed E-state index contributed by atoms with van der Waals surface area (Å²) >= 11 is 6.76. The van der Waals surface area contributed by atoms with Crippen LogP contribution < -0.4 is 10.1 Å². The molecule has 0 radical (unpaired) electrons. The van der Waals surface area contributed by atoms with Crippen LogP contribution in [0.3, 0.4) is 0 Å². The number of rotatable bonds is 9. The van der Waals surface area contributed by atoms with Gasteiger partial charge in [-0.05, 0) is 53.8 Å². The quantitative estimate of drug-likeness (QED) is 0.300. The number of nitrogens with one attached hydrogen (secondary N) is 1. The molecule has 0 atom stereocenters.